The third-order valence-electron chi connectivity index (χ3n) is 3.35. The molecule has 1 aliphatic rings. The lowest BCUT2D eigenvalue weighted by molar-refractivity contribution is 0.190. The zero-order chi connectivity index (χ0) is 13.4. The minimum absolute atomic E-state index is 0. The Labute approximate surface area is 128 Å². The van der Waals surface area contributed by atoms with Gasteiger partial charge in [-0.05, 0) is 20.9 Å². The number of nitrogens with zero attached hydrogens (tertiary/aromatic N) is 4. The number of aromatic nitrogens is 3. The second-order valence-electron chi connectivity index (χ2n) is 4.81. The first kappa shape index (κ1) is 15.4. The Bertz CT molecular complexity index is 584. The first-order valence-corrected chi connectivity index (χ1v) is 7.16. The van der Waals surface area contributed by atoms with Crippen LogP contribution >= 0.6 is 23.7 Å². The van der Waals surface area contributed by atoms with Gasteiger partial charge in [0.05, 0.1) is 16.7 Å². The fraction of sp³-hybridized carbons (Fsp3) is 0.583. The molecule has 1 fully saturated rings. The van der Waals surface area contributed by atoms with Gasteiger partial charge < -0.3 is 9.84 Å². The third-order valence-corrected chi connectivity index (χ3v) is 4.41. The van der Waals surface area contributed by atoms with Crippen LogP contribution in [0, 0.1) is 13.8 Å². The largest absolute Gasteiger partial charge is 0.333 e. The van der Waals surface area contributed by atoms with Crippen LogP contribution in [0.15, 0.2) is 4.52 Å². The maximum Gasteiger partial charge on any atom is 0.269 e. The summed E-state index contributed by atoms with van der Waals surface area (Å²) in [5, 5.41) is 8.50. The lowest BCUT2D eigenvalue weighted by Gasteiger charge is -2.30. The highest BCUT2D eigenvalue weighted by Gasteiger charge is 2.26. The summed E-state index contributed by atoms with van der Waals surface area (Å²) in [6, 6.07) is 0.181. The molecule has 0 saturated carbocycles. The molecule has 8 heteroatoms. The van der Waals surface area contributed by atoms with Gasteiger partial charge in [-0.15, -0.1) is 23.7 Å². The summed E-state index contributed by atoms with van der Waals surface area (Å²) in [5.41, 5.74) is 0.952. The average molecular weight is 316 g/mol. The third kappa shape index (κ3) is 2.85. The first-order chi connectivity index (χ1) is 9.15. The van der Waals surface area contributed by atoms with Crippen LogP contribution in [0.2, 0.25) is 0 Å². The van der Waals surface area contributed by atoms with Crippen molar-refractivity contribution >= 4 is 23.7 Å². The van der Waals surface area contributed by atoms with Crippen LogP contribution in [0.25, 0.3) is 10.8 Å². The van der Waals surface area contributed by atoms with Crippen LogP contribution in [-0.2, 0) is 0 Å². The van der Waals surface area contributed by atoms with Gasteiger partial charge in [0.1, 0.15) is 4.88 Å². The number of nitrogens with one attached hydrogen (secondary N) is 1. The average Bonchev–Trinajstić information content (AvgIpc) is 2.96. The van der Waals surface area contributed by atoms with Gasteiger partial charge in [-0.25, -0.2) is 4.98 Å². The molecule has 2 aromatic heterocycles. The van der Waals surface area contributed by atoms with Crippen LogP contribution in [0.3, 0.4) is 0 Å². The SMILES string of the molecule is Cc1nc(C)c(-c2nc(C3CNCCN3C)no2)s1.Cl. The van der Waals surface area contributed by atoms with E-state index < -0.39 is 0 Å². The van der Waals surface area contributed by atoms with E-state index >= 15 is 0 Å². The fourth-order valence-electron chi connectivity index (χ4n) is 2.29. The topological polar surface area (TPSA) is 67.1 Å². The van der Waals surface area contributed by atoms with Crippen LogP contribution < -0.4 is 5.32 Å². The molecule has 2 aromatic rings. The predicted octanol–water partition coefficient (Wildman–Crippen LogP) is 1.81. The highest BCUT2D eigenvalue weighted by molar-refractivity contribution is 7.15. The summed E-state index contributed by atoms with van der Waals surface area (Å²) >= 11 is 1.59. The van der Waals surface area contributed by atoms with Crippen LogP contribution in [-0.4, -0.2) is 46.7 Å². The Morgan fingerprint density at radius 2 is 2.15 bits per heavy atom. The molecule has 110 valence electrons. The molecule has 0 spiro atoms. The van der Waals surface area contributed by atoms with E-state index in [1.165, 1.54) is 0 Å². The van der Waals surface area contributed by atoms with E-state index in [1.54, 1.807) is 11.3 Å². The number of hydrogen-bond acceptors (Lipinski definition) is 7. The quantitative estimate of drug-likeness (QED) is 0.911. The molecule has 0 bridgehead atoms. The summed E-state index contributed by atoms with van der Waals surface area (Å²) in [4.78, 5) is 12.2. The molecule has 1 atom stereocenters. The van der Waals surface area contributed by atoms with Crippen LogP contribution in [0.4, 0.5) is 0 Å². The normalized spacial score (nSPS) is 19.9. The molecule has 1 aliphatic heterocycles. The van der Waals surface area contributed by atoms with Gasteiger partial charge in [0.2, 0.25) is 0 Å². The zero-order valence-electron chi connectivity index (χ0n) is 11.7. The Kier molecular flexibility index (Phi) is 4.74. The van der Waals surface area contributed by atoms with E-state index in [0.717, 1.165) is 41.0 Å². The molecule has 0 aliphatic carbocycles. The second-order valence-corrected chi connectivity index (χ2v) is 6.01. The van der Waals surface area contributed by atoms with Crippen molar-refractivity contribution in [2.75, 3.05) is 26.7 Å². The monoisotopic (exact) mass is 315 g/mol. The minimum atomic E-state index is 0. The maximum absolute atomic E-state index is 5.40. The summed E-state index contributed by atoms with van der Waals surface area (Å²) in [6.07, 6.45) is 0. The Hall–Kier alpha value is -1.02. The van der Waals surface area contributed by atoms with Gasteiger partial charge in [-0.1, -0.05) is 5.16 Å². The maximum atomic E-state index is 5.40. The molecular weight excluding hydrogens is 298 g/mol. The molecule has 0 amide bonds. The van der Waals surface area contributed by atoms with Crippen molar-refractivity contribution in [1.82, 2.24) is 25.3 Å². The molecule has 0 radical (unpaired) electrons. The van der Waals surface area contributed by atoms with E-state index in [0.29, 0.717) is 5.89 Å². The van der Waals surface area contributed by atoms with E-state index in [4.69, 9.17) is 4.52 Å². The smallest absolute Gasteiger partial charge is 0.269 e. The number of rotatable bonds is 2. The van der Waals surface area contributed by atoms with E-state index in [9.17, 15) is 0 Å². The molecule has 1 unspecified atom stereocenters. The summed E-state index contributed by atoms with van der Waals surface area (Å²) in [5.74, 6) is 1.33. The Morgan fingerprint density at radius 1 is 1.35 bits per heavy atom. The zero-order valence-corrected chi connectivity index (χ0v) is 13.3. The number of hydrogen-bond donors (Lipinski definition) is 1. The molecular formula is C12H18ClN5OS. The highest BCUT2D eigenvalue weighted by Crippen LogP contribution is 2.29. The molecule has 6 nitrogen and oxygen atoms in total. The number of aryl methyl sites for hydroxylation is 2. The Morgan fingerprint density at radius 3 is 2.80 bits per heavy atom. The molecule has 0 aromatic carbocycles. The Balaban J connectivity index is 0.00000147. The van der Waals surface area contributed by atoms with Crippen molar-refractivity contribution in [3.8, 4) is 10.8 Å². The fourth-order valence-corrected chi connectivity index (χ4v) is 3.13. The molecule has 1 saturated heterocycles. The van der Waals surface area contributed by atoms with E-state index in [1.807, 2.05) is 13.8 Å². The summed E-state index contributed by atoms with van der Waals surface area (Å²) < 4.78 is 5.40. The number of thiazole rings is 1. The highest BCUT2D eigenvalue weighted by atomic mass is 35.5. The van der Waals surface area contributed by atoms with Crippen molar-refractivity contribution < 1.29 is 4.52 Å². The van der Waals surface area contributed by atoms with Gasteiger partial charge in [-0.2, -0.15) is 4.98 Å². The van der Waals surface area contributed by atoms with Crippen molar-refractivity contribution in [2.24, 2.45) is 0 Å². The van der Waals surface area contributed by atoms with Crippen LogP contribution in [0.1, 0.15) is 22.6 Å². The molecule has 20 heavy (non-hydrogen) atoms. The summed E-state index contributed by atoms with van der Waals surface area (Å²) in [6.45, 7) is 6.81. The van der Waals surface area contributed by atoms with Gasteiger partial charge >= 0.3 is 0 Å². The number of likely N-dealkylation sites (N-methyl/N-ethyl adjacent to an activating group) is 1. The van der Waals surface area contributed by atoms with Crippen molar-refractivity contribution in [3.63, 3.8) is 0 Å². The molecule has 3 heterocycles. The van der Waals surface area contributed by atoms with Crippen LogP contribution in [0.5, 0.6) is 0 Å². The van der Waals surface area contributed by atoms with Crippen molar-refractivity contribution in [1.29, 1.82) is 0 Å². The standard InChI is InChI=1S/C12H17N5OS.ClH/c1-7-10(19-8(2)14-7)12-15-11(16-18-12)9-6-13-4-5-17(9)3;/h9,13H,4-6H2,1-3H3;1H. The minimum Gasteiger partial charge on any atom is -0.333 e. The predicted molar refractivity (Wildman–Crippen MR) is 80.4 cm³/mol. The summed E-state index contributed by atoms with van der Waals surface area (Å²) in [7, 11) is 2.09. The molecule has 1 N–H and O–H groups in total. The molecule has 3 rings (SSSR count). The van der Waals surface area contributed by atoms with Crippen molar-refractivity contribution in [3.05, 3.63) is 16.5 Å². The van der Waals surface area contributed by atoms with E-state index in [2.05, 4.69) is 32.4 Å². The van der Waals surface area contributed by atoms with Gasteiger partial charge in [0.15, 0.2) is 5.82 Å². The van der Waals surface area contributed by atoms with Gasteiger partial charge in [-0.3, -0.25) is 4.90 Å². The van der Waals surface area contributed by atoms with E-state index in [-0.39, 0.29) is 18.4 Å². The number of halogens is 1. The first-order valence-electron chi connectivity index (χ1n) is 6.34. The van der Waals surface area contributed by atoms with Crippen molar-refractivity contribution in [2.45, 2.75) is 19.9 Å². The lowest BCUT2D eigenvalue weighted by Crippen LogP contribution is -2.44. The number of piperazine rings is 1. The second kappa shape index (κ2) is 6.17. The van der Waals surface area contributed by atoms with Gasteiger partial charge in [0.25, 0.3) is 5.89 Å². The van der Waals surface area contributed by atoms with Gasteiger partial charge in [0, 0.05) is 19.6 Å². The lowest BCUT2D eigenvalue weighted by atomic mass is 10.2.